The molecule has 2 fully saturated rings. The van der Waals surface area contributed by atoms with Gasteiger partial charge in [-0.2, -0.15) is 0 Å². The van der Waals surface area contributed by atoms with Crippen LogP contribution in [0.4, 0.5) is 0 Å². The molecule has 70 valence electrons. The van der Waals surface area contributed by atoms with Gasteiger partial charge in [-0.25, -0.2) is 0 Å². The van der Waals surface area contributed by atoms with Gasteiger partial charge in [-0.1, -0.05) is 22.6 Å². The summed E-state index contributed by atoms with van der Waals surface area (Å²) in [5.41, 5.74) is 0.397. The molecule has 12 heavy (non-hydrogen) atoms. The van der Waals surface area contributed by atoms with E-state index in [1.807, 2.05) is 0 Å². The molecule has 2 aliphatic heterocycles. The van der Waals surface area contributed by atoms with Crippen molar-refractivity contribution in [2.75, 3.05) is 24.2 Å². The van der Waals surface area contributed by atoms with Crippen LogP contribution in [0.3, 0.4) is 0 Å². The van der Waals surface area contributed by atoms with Crippen molar-refractivity contribution in [2.45, 2.75) is 25.4 Å². The Bertz CT molecular complexity index is 155. The Hall–Kier alpha value is 0.650. The van der Waals surface area contributed by atoms with Crippen LogP contribution in [0.25, 0.3) is 0 Å². The highest BCUT2D eigenvalue weighted by atomic mass is 127. The molecule has 0 unspecified atom stereocenters. The highest BCUT2D eigenvalue weighted by Crippen LogP contribution is 2.39. The maximum absolute atomic E-state index is 5.71. The molecule has 0 N–H and O–H groups in total. The highest BCUT2D eigenvalue weighted by molar-refractivity contribution is 14.1. The second-order valence-electron chi connectivity index (χ2n) is 3.95. The normalized spacial score (nSPS) is 42.2. The van der Waals surface area contributed by atoms with Gasteiger partial charge in [-0.15, -0.1) is 0 Å². The first-order valence-corrected chi connectivity index (χ1v) is 6.13. The third-order valence-electron chi connectivity index (χ3n) is 2.86. The lowest BCUT2D eigenvalue weighted by molar-refractivity contribution is -0.0132. The van der Waals surface area contributed by atoms with Crippen molar-refractivity contribution >= 4 is 22.6 Å². The standard InChI is InChI=1S/C9H15IO2/c10-5-8-4-9(7-12-8)2-1-3-11-6-9/h8H,1-7H2/t8-,9-/m1/s1. The van der Waals surface area contributed by atoms with Gasteiger partial charge < -0.3 is 9.47 Å². The lowest BCUT2D eigenvalue weighted by Gasteiger charge is -2.31. The van der Waals surface area contributed by atoms with Gasteiger partial charge in [0.15, 0.2) is 0 Å². The highest BCUT2D eigenvalue weighted by Gasteiger charge is 2.41. The summed E-state index contributed by atoms with van der Waals surface area (Å²) < 4.78 is 12.4. The number of alkyl halides is 1. The molecule has 0 amide bonds. The topological polar surface area (TPSA) is 18.5 Å². The second kappa shape index (κ2) is 3.80. The molecule has 2 nitrogen and oxygen atoms in total. The minimum absolute atomic E-state index is 0.397. The van der Waals surface area contributed by atoms with Crippen molar-refractivity contribution in [3.8, 4) is 0 Å². The first-order valence-electron chi connectivity index (χ1n) is 4.60. The van der Waals surface area contributed by atoms with Gasteiger partial charge in [0, 0.05) is 16.4 Å². The molecule has 3 heteroatoms. The molecule has 0 bridgehead atoms. The molecule has 2 atom stereocenters. The fourth-order valence-electron chi connectivity index (χ4n) is 2.18. The third-order valence-corrected chi connectivity index (χ3v) is 3.84. The van der Waals surface area contributed by atoms with E-state index in [-0.39, 0.29) is 0 Å². The van der Waals surface area contributed by atoms with E-state index in [2.05, 4.69) is 22.6 Å². The van der Waals surface area contributed by atoms with Crippen molar-refractivity contribution in [1.82, 2.24) is 0 Å². The number of halogens is 1. The minimum atomic E-state index is 0.397. The molecule has 0 aromatic heterocycles. The Balaban J connectivity index is 1.94. The maximum Gasteiger partial charge on any atom is 0.0671 e. The summed E-state index contributed by atoms with van der Waals surface area (Å²) in [6, 6.07) is 0. The zero-order valence-electron chi connectivity index (χ0n) is 7.22. The molecule has 0 aliphatic carbocycles. The third kappa shape index (κ3) is 1.77. The number of hydrogen-bond acceptors (Lipinski definition) is 2. The zero-order valence-corrected chi connectivity index (χ0v) is 9.38. The Morgan fingerprint density at radius 1 is 1.42 bits per heavy atom. The van der Waals surface area contributed by atoms with Crippen LogP contribution in [-0.4, -0.2) is 30.4 Å². The quantitative estimate of drug-likeness (QED) is 0.541. The molecule has 0 radical (unpaired) electrons. The van der Waals surface area contributed by atoms with E-state index in [0.29, 0.717) is 11.5 Å². The SMILES string of the molecule is IC[C@H]1C[C@@]2(CCCOC2)CO1. The maximum atomic E-state index is 5.71. The van der Waals surface area contributed by atoms with Gasteiger partial charge in [0.25, 0.3) is 0 Å². The van der Waals surface area contributed by atoms with E-state index in [9.17, 15) is 0 Å². The van der Waals surface area contributed by atoms with E-state index in [1.54, 1.807) is 0 Å². The van der Waals surface area contributed by atoms with Gasteiger partial charge >= 0.3 is 0 Å². The van der Waals surface area contributed by atoms with Crippen molar-refractivity contribution in [2.24, 2.45) is 5.41 Å². The van der Waals surface area contributed by atoms with Gasteiger partial charge in [0.2, 0.25) is 0 Å². The summed E-state index contributed by atoms with van der Waals surface area (Å²) in [6.07, 6.45) is 4.24. The molecular formula is C9H15IO2. The minimum Gasteiger partial charge on any atom is -0.381 e. The molecule has 2 saturated heterocycles. The van der Waals surface area contributed by atoms with Gasteiger partial charge in [0.05, 0.1) is 19.3 Å². The molecule has 2 rings (SSSR count). The number of ether oxygens (including phenoxy) is 2. The van der Waals surface area contributed by atoms with Crippen LogP contribution in [-0.2, 0) is 9.47 Å². The summed E-state index contributed by atoms with van der Waals surface area (Å²) in [5.74, 6) is 0. The molecule has 0 aromatic carbocycles. The summed E-state index contributed by atoms with van der Waals surface area (Å²) in [6.45, 7) is 2.82. The summed E-state index contributed by atoms with van der Waals surface area (Å²) in [5, 5.41) is 0. The van der Waals surface area contributed by atoms with E-state index in [1.165, 1.54) is 19.3 Å². The van der Waals surface area contributed by atoms with Crippen molar-refractivity contribution in [3.05, 3.63) is 0 Å². The summed E-state index contributed by atoms with van der Waals surface area (Å²) in [4.78, 5) is 0. The Morgan fingerprint density at radius 2 is 2.33 bits per heavy atom. The molecule has 2 aliphatic rings. The Morgan fingerprint density at radius 3 is 2.92 bits per heavy atom. The molecular weight excluding hydrogens is 267 g/mol. The fraction of sp³-hybridized carbons (Fsp3) is 1.00. The van der Waals surface area contributed by atoms with Crippen LogP contribution in [0.1, 0.15) is 19.3 Å². The molecule has 2 heterocycles. The lowest BCUT2D eigenvalue weighted by Crippen LogP contribution is -2.32. The van der Waals surface area contributed by atoms with Crippen LogP contribution < -0.4 is 0 Å². The predicted octanol–water partition coefficient (Wildman–Crippen LogP) is 2.01. The molecule has 0 aromatic rings. The van der Waals surface area contributed by atoms with Gasteiger partial charge in [-0.3, -0.25) is 0 Å². The van der Waals surface area contributed by atoms with E-state index >= 15 is 0 Å². The second-order valence-corrected chi connectivity index (χ2v) is 4.83. The molecule has 1 spiro atoms. The lowest BCUT2D eigenvalue weighted by atomic mass is 9.81. The first kappa shape index (κ1) is 9.21. The van der Waals surface area contributed by atoms with E-state index in [0.717, 1.165) is 24.2 Å². The summed E-state index contributed by atoms with van der Waals surface area (Å²) in [7, 11) is 0. The Labute approximate surface area is 87.1 Å². The Kier molecular flexibility index (Phi) is 2.92. The fourth-order valence-corrected chi connectivity index (χ4v) is 2.75. The van der Waals surface area contributed by atoms with Crippen LogP contribution in [0, 0.1) is 5.41 Å². The predicted molar refractivity (Wildman–Crippen MR) is 55.7 cm³/mol. The smallest absolute Gasteiger partial charge is 0.0671 e. The van der Waals surface area contributed by atoms with Crippen LogP contribution in [0.2, 0.25) is 0 Å². The average Bonchev–Trinajstić information content (AvgIpc) is 2.50. The monoisotopic (exact) mass is 282 g/mol. The van der Waals surface area contributed by atoms with Gasteiger partial charge in [0.1, 0.15) is 0 Å². The number of rotatable bonds is 1. The summed E-state index contributed by atoms with van der Waals surface area (Å²) >= 11 is 2.40. The van der Waals surface area contributed by atoms with E-state index in [4.69, 9.17) is 9.47 Å². The number of hydrogen-bond donors (Lipinski definition) is 0. The van der Waals surface area contributed by atoms with Gasteiger partial charge in [-0.05, 0) is 19.3 Å². The largest absolute Gasteiger partial charge is 0.381 e. The van der Waals surface area contributed by atoms with Crippen molar-refractivity contribution in [1.29, 1.82) is 0 Å². The molecule has 0 saturated carbocycles. The first-order chi connectivity index (χ1) is 5.85. The zero-order chi connectivity index (χ0) is 8.44. The average molecular weight is 282 g/mol. The van der Waals surface area contributed by atoms with Crippen molar-refractivity contribution in [3.63, 3.8) is 0 Å². The van der Waals surface area contributed by atoms with Crippen LogP contribution >= 0.6 is 22.6 Å². The van der Waals surface area contributed by atoms with E-state index < -0.39 is 0 Å². The van der Waals surface area contributed by atoms with Crippen LogP contribution in [0.5, 0.6) is 0 Å². The van der Waals surface area contributed by atoms with Crippen molar-refractivity contribution < 1.29 is 9.47 Å². The van der Waals surface area contributed by atoms with Crippen LogP contribution in [0.15, 0.2) is 0 Å².